The number of nitrogens with zero attached hydrogens (tertiary/aromatic N) is 4. The van der Waals surface area contributed by atoms with E-state index < -0.39 is 5.97 Å². The molecule has 0 fully saturated rings. The molecule has 0 atom stereocenters. The molecular formula is C11H11N5O3. The van der Waals surface area contributed by atoms with Crippen LogP contribution < -0.4 is 5.32 Å². The summed E-state index contributed by atoms with van der Waals surface area (Å²) in [5.74, 6) is -1.38. The van der Waals surface area contributed by atoms with Gasteiger partial charge in [-0.3, -0.25) is 9.48 Å². The first kappa shape index (κ1) is 12.7. The third-order valence-corrected chi connectivity index (χ3v) is 2.30. The van der Waals surface area contributed by atoms with Crippen LogP contribution in [-0.2, 0) is 11.3 Å². The summed E-state index contributed by atoms with van der Waals surface area (Å²) in [6.45, 7) is 0.405. The van der Waals surface area contributed by atoms with Crippen molar-refractivity contribution in [3.05, 3.63) is 36.7 Å². The van der Waals surface area contributed by atoms with Gasteiger partial charge in [0.15, 0.2) is 0 Å². The van der Waals surface area contributed by atoms with E-state index in [4.69, 9.17) is 5.11 Å². The zero-order valence-electron chi connectivity index (χ0n) is 9.85. The number of aryl methyl sites for hydroxylation is 1. The molecule has 19 heavy (non-hydrogen) atoms. The van der Waals surface area contributed by atoms with Crippen molar-refractivity contribution in [3.8, 4) is 0 Å². The van der Waals surface area contributed by atoms with E-state index in [1.807, 2.05) is 0 Å². The monoisotopic (exact) mass is 261 g/mol. The van der Waals surface area contributed by atoms with Crippen molar-refractivity contribution in [2.24, 2.45) is 0 Å². The van der Waals surface area contributed by atoms with Gasteiger partial charge in [0.05, 0.1) is 6.54 Å². The van der Waals surface area contributed by atoms with Crippen molar-refractivity contribution in [3.63, 3.8) is 0 Å². The molecule has 0 aromatic carbocycles. The number of aromatic carboxylic acids is 1. The van der Waals surface area contributed by atoms with Crippen molar-refractivity contribution in [2.45, 2.75) is 13.0 Å². The van der Waals surface area contributed by atoms with Crippen LogP contribution in [0.2, 0.25) is 0 Å². The summed E-state index contributed by atoms with van der Waals surface area (Å²) in [6, 6.07) is 2.83. The second-order valence-corrected chi connectivity index (χ2v) is 3.69. The van der Waals surface area contributed by atoms with Crippen molar-refractivity contribution in [2.75, 3.05) is 5.32 Å². The molecular weight excluding hydrogens is 250 g/mol. The lowest BCUT2D eigenvalue weighted by atomic mass is 10.3. The first-order chi connectivity index (χ1) is 9.15. The molecule has 2 rings (SSSR count). The molecule has 0 radical (unpaired) electrons. The molecule has 0 spiro atoms. The van der Waals surface area contributed by atoms with Crippen LogP contribution in [0.25, 0.3) is 0 Å². The lowest BCUT2D eigenvalue weighted by Gasteiger charge is -2.05. The minimum absolute atomic E-state index is 0.117. The molecule has 0 unspecified atom stereocenters. The Morgan fingerprint density at radius 2 is 2.26 bits per heavy atom. The fraction of sp³-hybridized carbons (Fsp3) is 0.182. The van der Waals surface area contributed by atoms with Crippen LogP contribution >= 0.6 is 0 Å². The number of carboxylic acids is 1. The molecule has 2 aromatic heterocycles. The van der Waals surface area contributed by atoms with Crippen LogP contribution in [-0.4, -0.2) is 36.7 Å². The second-order valence-electron chi connectivity index (χ2n) is 3.69. The van der Waals surface area contributed by atoms with Gasteiger partial charge in [-0.25, -0.2) is 14.8 Å². The Labute approximate surface area is 108 Å². The molecule has 2 N–H and O–H groups in total. The Balaban J connectivity index is 1.91. The third-order valence-electron chi connectivity index (χ3n) is 2.30. The number of nitrogens with one attached hydrogen (secondary N) is 1. The minimum Gasteiger partial charge on any atom is -0.477 e. The molecule has 0 saturated carbocycles. The van der Waals surface area contributed by atoms with E-state index in [9.17, 15) is 9.59 Å². The van der Waals surface area contributed by atoms with Gasteiger partial charge in [0.1, 0.15) is 18.3 Å². The van der Waals surface area contributed by atoms with Crippen molar-refractivity contribution < 1.29 is 14.7 Å². The molecule has 8 nitrogen and oxygen atoms in total. The van der Waals surface area contributed by atoms with Crippen LogP contribution in [0.4, 0.5) is 5.69 Å². The molecule has 1 amide bonds. The van der Waals surface area contributed by atoms with E-state index in [2.05, 4.69) is 20.4 Å². The summed E-state index contributed by atoms with van der Waals surface area (Å²) < 4.78 is 1.54. The standard InChI is InChI=1S/C11H11N5O3/c17-10(2-4-16-7-12-6-14-16)15-8-1-3-13-9(5-8)11(18)19/h1,3,5-7H,2,4H2,(H,18,19)(H,13,15,17). The van der Waals surface area contributed by atoms with Crippen LogP contribution in [0, 0.1) is 0 Å². The maximum Gasteiger partial charge on any atom is 0.354 e. The van der Waals surface area contributed by atoms with E-state index in [1.54, 1.807) is 0 Å². The number of carbonyl (C=O) groups excluding carboxylic acids is 1. The Morgan fingerprint density at radius 1 is 1.42 bits per heavy atom. The second kappa shape index (κ2) is 5.71. The fourth-order valence-corrected chi connectivity index (χ4v) is 1.41. The highest BCUT2D eigenvalue weighted by Gasteiger charge is 2.07. The fourth-order valence-electron chi connectivity index (χ4n) is 1.41. The van der Waals surface area contributed by atoms with Gasteiger partial charge in [-0.05, 0) is 12.1 Å². The van der Waals surface area contributed by atoms with E-state index in [0.29, 0.717) is 12.2 Å². The van der Waals surface area contributed by atoms with Gasteiger partial charge in [-0.1, -0.05) is 0 Å². The first-order valence-electron chi connectivity index (χ1n) is 5.47. The quantitative estimate of drug-likeness (QED) is 0.806. The summed E-state index contributed by atoms with van der Waals surface area (Å²) in [7, 11) is 0. The summed E-state index contributed by atoms with van der Waals surface area (Å²) in [4.78, 5) is 29.8. The molecule has 0 aliphatic carbocycles. The van der Waals surface area contributed by atoms with E-state index in [0.717, 1.165) is 0 Å². The molecule has 8 heteroatoms. The number of carboxylic acid groups (broad SMARTS) is 1. The molecule has 0 bridgehead atoms. The molecule has 2 heterocycles. The van der Waals surface area contributed by atoms with E-state index >= 15 is 0 Å². The molecule has 2 aromatic rings. The lowest BCUT2D eigenvalue weighted by molar-refractivity contribution is -0.116. The van der Waals surface area contributed by atoms with E-state index in [-0.39, 0.29) is 18.0 Å². The topological polar surface area (TPSA) is 110 Å². The predicted molar refractivity (Wildman–Crippen MR) is 64.5 cm³/mol. The number of rotatable bonds is 5. The maximum atomic E-state index is 11.6. The third kappa shape index (κ3) is 3.60. The van der Waals surface area contributed by atoms with Gasteiger partial charge >= 0.3 is 5.97 Å². The molecule has 0 aliphatic rings. The SMILES string of the molecule is O=C(CCn1cncn1)Nc1ccnc(C(=O)O)c1. The van der Waals surface area contributed by atoms with Gasteiger partial charge in [-0.2, -0.15) is 5.10 Å². The summed E-state index contributed by atoms with van der Waals surface area (Å²) in [5, 5.41) is 15.2. The highest BCUT2D eigenvalue weighted by Crippen LogP contribution is 2.08. The van der Waals surface area contributed by atoms with Gasteiger partial charge in [-0.15, -0.1) is 0 Å². The molecule has 0 aliphatic heterocycles. The lowest BCUT2D eigenvalue weighted by Crippen LogP contribution is -2.15. The Morgan fingerprint density at radius 3 is 2.95 bits per heavy atom. The van der Waals surface area contributed by atoms with Crippen LogP contribution in [0.15, 0.2) is 31.0 Å². The largest absolute Gasteiger partial charge is 0.477 e. The number of carbonyl (C=O) groups is 2. The Kier molecular flexibility index (Phi) is 3.81. The van der Waals surface area contributed by atoms with Crippen molar-refractivity contribution >= 4 is 17.6 Å². The van der Waals surface area contributed by atoms with Gasteiger partial charge < -0.3 is 10.4 Å². The number of hydrogen-bond donors (Lipinski definition) is 2. The average Bonchev–Trinajstić information content (AvgIpc) is 2.90. The number of anilines is 1. The molecule has 0 saturated heterocycles. The van der Waals surface area contributed by atoms with Crippen LogP contribution in [0.5, 0.6) is 0 Å². The first-order valence-corrected chi connectivity index (χ1v) is 5.47. The number of amides is 1. The van der Waals surface area contributed by atoms with Crippen LogP contribution in [0.1, 0.15) is 16.9 Å². The van der Waals surface area contributed by atoms with Gasteiger partial charge in [0, 0.05) is 18.3 Å². The van der Waals surface area contributed by atoms with Gasteiger partial charge in [0.2, 0.25) is 5.91 Å². The highest BCUT2D eigenvalue weighted by atomic mass is 16.4. The smallest absolute Gasteiger partial charge is 0.354 e. The predicted octanol–water partition coefficient (Wildman–Crippen LogP) is 0.400. The number of pyridine rings is 1. The number of aromatic nitrogens is 4. The Hall–Kier alpha value is -2.77. The zero-order valence-corrected chi connectivity index (χ0v) is 9.85. The summed E-state index contributed by atoms with van der Waals surface area (Å²) in [6.07, 6.45) is 4.45. The normalized spacial score (nSPS) is 10.1. The van der Waals surface area contributed by atoms with Crippen LogP contribution in [0.3, 0.4) is 0 Å². The minimum atomic E-state index is -1.14. The zero-order chi connectivity index (χ0) is 13.7. The summed E-state index contributed by atoms with van der Waals surface area (Å²) >= 11 is 0. The maximum absolute atomic E-state index is 11.6. The van der Waals surface area contributed by atoms with Gasteiger partial charge in [0.25, 0.3) is 0 Å². The van der Waals surface area contributed by atoms with Crippen molar-refractivity contribution in [1.29, 1.82) is 0 Å². The highest BCUT2D eigenvalue weighted by molar-refractivity contribution is 5.92. The Bertz CT molecular complexity index is 582. The van der Waals surface area contributed by atoms with E-state index in [1.165, 1.54) is 35.7 Å². The average molecular weight is 261 g/mol. The van der Waals surface area contributed by atoms with Crippen molar-refractivity contribution in [1.82, 2.24) is 19.7 Å². The number of hydrogen-bond acceptors (Lipinski definition) is 5. The summed E-state index contributed by atoms with van der Waals surface area (Å²) in [5.41, 5.74) is 0.282. The molecule has 98 valence electrons.